The van der Waals surface area contributed by atoms with Gasteiger partial charge in [0.1, 0.15) is 12.3 Å². The van der Waals surface area contributed by atoms with E-state index in [1.165, 1.54) is 4.90 Å². The summed E-state index contributed by atoms with van der Waals surface area (Å²) in [6, 6.07) is 8.66. The first-order valence-corrected chi connectivity index (χ1v) is 9.13. The summed E-state index contributed by atoms with van der Waals surface area (Å²) in [7, 11) is 0. The van der Waals surface area contributed by atoms with Crippen molar-refractivity contribution in [1.29, 1.82) is 0 Å². The van der Waals surface area contributed by atoms with Crippen molar-refractivity contribution in [1.82, 2.24) is 0 Å². The fourth-order valence-corrected chi connectivity index (χ4v) is 3.37. The van der Waals surface area contributed by atoms with E-state index in [0.717, 1.165) is 18.7 Å². The number of aromatic hydroxyl groups is 1. The second-order valence-corrected chi connectivity index (χ2v) is 6.63. The number of phenolic OH excluding ortho intramolecular Hbond substituents is 1. The number of carbonyl (C=O) groups is 1. The summed E-state index contributed by atoms with van der Waals surface area (Å²) in [6.45, 7) is 6.84. The maximum atomic E-state index is 12.8. The third kappa shape index (κ3) is 3.13. The van der Waals surface area contributed by atoms with E-state index in [2.05, 4.69) is 13.8 Å². The zero-order valence-corrected chi connectivity index (χ0v) is 15.4. The van der Waals surface area contributed by atoms with Gasteiger partial charge in [0.2, 0.25) is 12.6 Å². The summed E-state index contributed by atoms with van der Waals surface area (Å²) in [4.78, 5) is 14.1. The maximum absolute atomic E-state index is 12.8. The highest BCUT2D eigenvalue weighted by molar-refractivity contribution is 6.15. The monoisotopic (exact) mass is 368 g/mol. The van der Waals surface area contributed by atoms with Crippen LogP contribution in [0.1, 0.15) is 35.3 Å². The van der Waals surface area contributed by atoms with Gasteiger partial charge in [0, 0.05) is 0 Å². The van der Waals surface area contributed by atoms with Crippen LogP contribution in [-0.4, -0.2) is 30.8 Å². The number of ether oxygens (including phenoxy) is 3. The summed E-state index contributed by atoms with van der Waals surface area (Å²) >= 11 is 0. The largest absolute Gasteiger partial charge is 0.507 e. The number of rotatable bonds is 5. The van der Waals surface area contributed by atoms with Crippen LogP contribution in [0.3, 0.4) is 0 Å². The van der Waals surface area contributed by atoms with E-state index in [-0.39, 0.29) is 24.1 Å². The van der Waals surface area contributed by atoms with Crippen LogP contribution in [0.25, 0.3) is 6.08 Å². The van der Waals surface area contributed by atoms with Crippen molar-refractivity contribution < 1.29 is 29.0 Å². The molecule has 0 aliphatic carbocycles. The third-order valence-corrected chi connectivity index (χ3v) is 5.04. The van der Waals surface area contributed by atoms with E-state index >= 15 is 0 Å². The van der Waals surface area contributed by atoms with Crippen molar-refractivity contribution in [3.63, 3.8) is 0 Å². The van der Waals surface area contributed by atoms with Gasteiger partial charge in [-0.3, -0.25) is 4.79 Å². The van der Waals surface area contributed by atoms with Gasteiger partial charge in [-0.15, -0.1) is 0 Å². The molecule has 0 bridgehead atoms. The highest BCUT2D eigenvalue weighted by atomic mass is 16.7. The van der Waals surface area contributed by atoms with Crippen molar-refractivity contribution in [3.8, 4) is 23.0 Å². The molecule has 2 aromatic rings. The molecule has 0 amide bonds. The number of fused-ring (bicyclic) bond motifs is 2. The Balaban J connectivity index is 1.67. The first-order valence-electron chi connectivity index (χ1n) is 9.13. The summed E-state index contributed by atoms with van der Waals surface area (Å²) in [5.41, 5.74) is 1.95. The zero-order chi connectivity index (χ0) is 19.0. The first kappa shape index (κ1) is 17.4. The minimum Gasteiger partial charge on any atom is -0.507 e. The van der Waals surface area contributed by atoms with Gasteiger partial charge >= 0.3 is 0 Å². The second-order valence-electron chi connectivity index (χ2n) is 6.63. The molecule has 0 fully saturated rings. The molecular weight excluding hydrogens is 346 g/mol. The van der Waals surface area contributed by atoms with Crippen LogP contribution >= 0.6 is 0 Å². The normalized spacial score (nSPS) is 16.1. The topological polar surface area (TPSA) is 69.4 Å². The van der Waals surface area contributed by atoms with E-state index in [4.69, 9.17) is 14.2 Å². The predicted molar refractivity (Wildman–Crippen MR) is 99.4 cm³/mol. The summed E-state index contributed by atoms with van der Waals surface area (Å²) in [6.07, 6.45) is 1.69. The smallest absolute Gasteiger partial charge is 0.231 e. The Hall–Kier alpha value is -2.99. The standard InChI is InChI=1S/C21H21NO5/c1-3-22(4-2)11-15-16(23)7-6-14-20(24)19(27-21(14)15)10-13-5-8-17-18(9-13)26-12-25-17/h5-10,23H,3-4,11-12H2,1-2H3/p+1. The third-order valence-electron chi connectivity index (χ3n) is 5.04. The van der Waals surface area contributed by atoms with E-state index in [1.807, 2.05) is 18.2 Å². The number of ketones is 1. The SMILES string of the molecule is CC[NH+](CC)Cc1c(O)ccc2c1OC(=Cc1ccc3c(c1)OCO3)C2=O. The Morgan fingerprint density at radius 2 is 1.89 bits per heavy atom. The first-order chi connectivity index (χ1) is 13.1. The number of benzene rings is 2. The zero-order valence-electron chi connectivity index (χ0n) is 15.4. The van der Waals surface area contributed by atoms with Crippen LogP contribution in [0.5, 0.6) is 23.0 Å². The lowest BCUT2D eigenvalue weighted by molar-refractivity contribution is -0.910. The van der Waals surface area contributed by atoms with Crippen LogP contribution in [0, 0.1) is 0 Å². The Morgan fingerprint density at radius 3 is 2.67 bits per heavy atom. The van der Waals surface area contributed by atoms with Gasteiger partial charge in [-0.25, -0.2) is 0 Å². The maximum Gasteiger partial charge on any atom is 0.231 e. The lowest BCUT2D eigenvalue weighted by Crippen LogP contribution is -3.10. The molecule has 0 unspecified atom stereocenters. The number of quaternary nitrogens is 1. The van der Waals surface area contributed by atoms with E-state index in [0.29, 0.717) is 34.9 Å². The second kappa shape index (κ2) is 6.96. The number of nitrogens with one attached hydrogen (secondary N) is 1. The highest BCUT2D eigenvalue weighted by Crippen LogP contribution is 2.40. The van der Waals surface area contributed by atoms with Crippen molar-refractivity contribution in [2.24, 2.45) is 0 Å². The molecule has 27 heavy (non-hydrogen) atoms. The summed E-state index contributed by atoms with van der Waals surface area (Å²) < 4.78 is 16.6. The molecule has 6 heteroatoms. The summed E-state index contributed by atoms with van der Waals surface area (Å²) in [5.74, 6) is 2.02. The molecule has 0 radical (unpaired) electrons. The van der Waals surface area contributed by atoms with Gasteiger partial charge in [0.15, 0.2) is 23.0 Å². The molecule has 0 atom stereocenters. The van der Waals surface area contributed by atoms with Crippen molar-refractivity contribution in [2.45, 2.75) is 20.4 Å². The van der Waals surface area contributed by atoms with Gasteiger partial charge in [-0.2, -0.15) is 0 Å². The number of phenols is 1. The number of hydrogen-bond donors (Lipinski definition) is 2. The van der Waals surface area contributed by atoms with Crippen LogP contribution in [-0.2, 0) is 6.54 Å². The quantitative estimate of drug-likeness (QED) is 0.792. The van der Waals surface area contributed by atoms with Crippen LogP contribution < -0.4 is 19.1 Å². The number of hydrogen-bond acceptors (Lipinski definition) is 5. The molecule has 0 spiro atoms. The number of Topliss-reactive ketones (excluding diaryl/α,β-unsaturated/α-hetero) is 1. The highest BCUT2D eigenvalue weighted by Gasteiger charge is 2.32. The Morgan fingerprint density at radius 1 is 1.11 bits per heavy atom. The fraction of sp³-hybridized carbons (Fsp3) is 0.286. The van der Waals surface area contributed by atoms with Gasteiger partial charge in [-0.05, 0) is 49.8 Å². The molecular formula is C21H22NO5+. The van der Waals surface area contributed by atoms with Crippen molar-refractivity contribution in [2.75, 3.05) is 19.9 Å². The molecule has 2 N–H and O–H groups in total. The molecule has 0 saturated carbocycles. The van der Waals surface area contributed by atoms with Crippen molar-refractivity contribution in [3.05, 3.63) is 52.8 Å². The molecule has 2 aliphatic rings. The van der Waals surface area contributed by atoms with Gasteiger partial charge in [-0.1, -0.05) is 6.07 Å². The fourth-order valence-electron chi connectivity index (χ4n) is 3.37. The average Bonchev–Trinajstić information content (AvgIpc) is 3.26. The minimum atomic E-state index is -0.182. The van der Waals surface area contributed by atoms with E-state index < -0.39 is 0 Å². The summed E-state index contributed by atoms with van der Waals surface area (Å²) in [5, 5.41) is 10.3. The van der Waals surface area contributed by atoms with Gasteiger partial charge in [0.25, 0.3) is 0 Å². The molecule has 4 rings (SSSR count). The van der Waals surface area contributed by atoms with Crippen molar-refractivity contribution >= 4 is 11.9 Å². The lowest BCUT2D eigenvalue weighted by Gasteiger charge is -2.17. The minimum absolute atomic E-state index is 0.158. The van der Waals surface area contributed by atoms with Gasteiger partial charge in [0.05, 0.1) is 24.2 Å². The van der Waals surface area contributed by atoms with E-state index in [9.17, 15) is 9.90 Å². The molecule has 140 valence electrons. The molecule has 6 nitrogen and oxygen atoms in total. The number of carbonyl (C=O) groups excluding carboxylic acids is 1. The molecule has 0 aromatic heterocycles. The Labute approximate surface area is 157 Å². The molecule has 0 saturated heterocycles. The number of allylic oxidation sites excluding steroid dienone is 1. The molecule has 2 aliphatic heterocycles. The van der Waals surface area contributed by atoms with Gasteiger partial charge < -0.3 is 24.2 Å². The van der Waals surface area contributed by atoms with Crippen LogP contribution in [0.15, 0.2) is 36.1 Å². The lowest BCUT2D eigenvalue weighted by atomic mass is 10.0. The van der Waals surface area contributed by atoms with Crippen LogP contribution in [0.2, 0.25) is 0 Å². The van der Waals surface area contributed by atoms with Crippen LogP contribution in [0.4, 0.5) is 0 Å². The average molecular weight is 368 g/mol. The predicted octanol–water partition coefficient (Wildman–Crippen LogP) is 2.16. The Kier molecular flexibility index (Phi) is 4.49. The molecule has 2 heterocycles. The Bertz CT molecular complexity index is 930. The van der Waals surface area contributed by atoms with E-state index in [1.54, 1.807) is 18.2 Å². The molecule has 2 aromatic carbocycles.